The number of pyridine rings is 1. The molecule has 1 heterocycles. The van der Waals surface area contributed by atoms with E-state index >= 15 is 0 Å². The standard InChI is InChI=1S/C10H13NO4S2/c1-7-3-4-8(10(12)13)9(11-7)16-5-6-17(2,14)15/h3-4H,5-6H2,1-2H3,(H,12,13). The summed E-state index contributed by atoms with van der Waals surface area (Å²) in [6, 6.07) is 3.09. The minimum absolute atomic E-state index is 0.00630. The summed E-state index contributed by atoms with van der Waals surface area (Å²) < 4.78 is 21.9. The molecule has 0 aromatic carbocycles. The zero-order valence-electron chi connectivity index (χ0n) is 9.50. The summed E-state index contributed by atoms with van der Waals surface area (Å²) in [5, 5.41) is 9.31. The number of carboxylic acid groups (broad SMARTS) is 1. The van der Waals surface area contributed by atoms with Crippen molar-refractivity contribution in [3.8, 4) is 0 Å². The normalized spacial score (nSPS) is 11.4. The van der Waals surface area contributed by atoms with Gasteiger partial charge in [-0.2, -0.15) is 0 Å². The van der Waals surface area contributed by atoms with Gasteiger partial charge in [-0.15, -0.1) is 11.8 Å². The van der Waals surface area contributed by atoms with Crippen molar-refractivity contribution >= 4 is 27.6 Å². The van der Waals surface area contributed by atoms with Crippen molar-refractivity contribution < 1.29 is 18.3 Å². The Morgan fingerprint density at radius 2 is 2.12 bits per heavy atom. The van der Waals surface area contributed by atoms with E-state index in [1.165, 1.54) is 6.07 Å². The molecule has 1 N–H and O–H groups in total. The first kappa shape index (κ1) is 14.0. The lowest BCUT2D eigenvalue weighted by atomic mass is 10.2. The lowest BCUT2D eigenvalue weighted by Gasteiger charge is -2.05. The number of aromatic carboxylic acids is 1. The second-order valence-electron chi connectivity index (χ2n) is 3.59. The van der Waals surface area contributed by atoms with E-state index < -0.39 is 15.8 Å². The maximum atomic E-state index is 11.0. The minimum atomic E-state index is -3.03. The van der Waals surface area contributed by atoms with E-state index in [0.717, 1.165) is 18.0 Å². The molecule has 0 aliphatic carbocycles. The number of rotatable bonds is 5. The number of carboxylic acids is 1. The van der Waals surface area contributed by atoms with Gasteiger partial charge < -0.3 is 5.11 Å². The molecule has 0 saturated carbocycles. The van der Waals surface area contributed by atoms with Crippen LogP contribution in [-0.4, -0.2) is 42.2 Å². The Balaban J connectivity index is 2.82. The monoisotopic (exact) mass is 275 g/mol. The van der Waals surface area contributed by atoms with E-state index in [-0.39, 0.29) is 11.3 Å². The van der Waals surface area contributed by atoms with Crippen LogP contribution in [0.5, 0.6) is 0 Å². The minimum Gasteiger partial charge on any atom is -0.478 e. The van der Waals surface area contributed by atoms with Gasteiger partial charge in [0, 0.05) is 17.7 Å². The van der Waals surface area contributed by atoms with Gasteiger partial charge in [0.2, 0.25) is 0 Å². The quantitative estimate of drug-likeness (QED) is 0.813. The molecule has 0 unspecified atom stereocenters. The summed E-state index contributed by atoms with van der Waals surface area (Å²) >= 11 is 1.15. The third-order valence-electron chi connectivity index (χ3n) is 1.92. The fraction of sp³-hybridized carbons (Fsp3) is 0.400. The van der Waals surface area contributed by atoms with Gasteiger partial charge in [-0.25, -0.2) is 18.2 Å². The molecule has 17 heavy (non-hydrogen) atoms. The van der Waals surface area contributed by atoms with Crippen LogP contribution in [0.3, 0.4) is 0 Å². The Bertz CT molecular complexity index is 525. The average Bonchev–Trinajstić information content (AvgIpc) is 2.15. The van der Waals surface area contributed by atoms with Crippen molar-refractivity contribution in [1.82, 2.24) is 4.98 Å². The molecule has 7 heteroatoms. The van der Waals surface area contributed by atoms with Crippen molar-refractivity contribution in [2.45, 2.75) is 11.9 Å². The molecule has 0 bridgehead atoms. The highest BCUT2D eigenvalue weighted by Crippen LogP contribution is 2.21. The Morgan fingerprint density at radius 3 is 2.65 bits per heavy atom. The number of hydrogen-bond acceptors (Lipinski definition) is 5. The molecule has 1 rings (SSSR count). The van der Waals surface area contributed by atoms with Crippen LogP contribution in [0.25, 0.3) is 0 Å². The zero-order valence-corrected chi connectivity index (χ0v) is 11.1. The number of carbonyl (C=O) groups is 1. The van der Waals surface area contributed by atoms with Gasteiger partial charge in [0.05, 0.1) is 11.3 Å². The van der Waals surface area contributed by atoms with Gasteiger partial charge in [0.25, 0.3) is 0 Å². The molecule has 0 saturated heterocycles. The topological polar surface area (TPSA) is 84.3 Å². The predicted octanol–water partition coefficient (Wildman–Crippen LogP) is 1.22. The Kier molecular flexibility index (Phi) is 4.53. The summed E-state index contributed by atoms with van der Waals surface area (Å²) in [7, 11) is -3.03. The van der Waals surface area contributed by atoms with Crippen molar-refractivity contribution in [3.05, 3.63) is 23.4 Å². The highest BCUT2D eigenvalue weighted by molar-refractivity contribution is 8.00. The van der Waals surface area contributed by atoms with E-state index in [0.29, 0.717) is 16.5 Å². The molecule has 0 amide bonds. The summed E-state index contributed by atoms with van der Waals surface area (Å²) in [5.41, 5.74) is 0.811. The largest absolute Gasteiger partial charge is 0.478 e. The molecular formula is C10H13NO4S2. The van der Waals surface area contributed by atoms with Crippen LogP contribution in [0.4, 0.5) is 0 Å². The van der Waals surface area contributed by atoms with Crippen LogP contribution >= 0.6 is 11.8 Å². The first-order valence-electron chi connectivity index (χ1n) is 4.81. The SMILES string of the molecule is Cc1ccc(C(=O)O)c(SCCS(C)(=O)=O)n1. The Labute approximate surface area is 104 Å². The van der Waals surface area contributed by atoms with Crippen molar-refractivity contribution in [2.75, 3.05) is 17.8 Å². The second-order valence-corrected chi connectivity index (χ2v) is 6.93. The molecule has 0 radical (unpaired) electrons. The van der Waals surface area contributed by atoms with Gasteiger partial charge in [0.1, 0.15) is 14.9 Å². The number of sulfone groups is 1. The second kappa shape index (κ2) is 5.50. The molecule has 5 nitrogen and oxygen atoms in total. The molecule has 1 aromatic heterocycles. The molecule has 94 valence electrons. The lowest BCUT2D eigenvalue weighted by molar-refractivity contribution is 0.0692. The zero-order chi connectivity index (χ0) is 13.1. The van der Waals surface area contributed by atoms with Crippen LogP contribution in [-0.2, 0) is 9.84 Å². The van der Waals surface area contributed by atoms with Crippen LogP contribution < -0.4 is 0 Å². The van der Waals surface area contributed by atoms with Gasteiger partial charge >= 0.3 is 5.97 Å². The van der Waals surface area contributed by atoms with Gasteiger partial charge in [-0.3, -0.25) is 0 Å². The van der Waals surface area contributed by atoms with Gasteiger partial charge in [0.15, 0.2) is 0 Å². The summed E-state index contributed by atoms with van der Waals surface area (Å²) in [5.74, 6) is -0.749. The van der Waals surface area contributed by atoms with E-state index in [9.17, 15) is 13.2 Å². The summed E-state index contributed by atoms with van der Waals surface area (Å²) in [6.45, 7) is 1.76. The summed E-state index contributed by atoms with van der Waals surface area (Å²) in [6.07, 6.45) is 1.15. The van der Waals surface area contributed by atoms with Gasteiger partial charge in [-0.1, -0.05) is 0 Å². The molecule has 0 aliphatic heterocycles. The molecular weight excluding hydrogens is 262 g/mol. The molecule has 0 fully saturated rings. The van der Waals surface area contributed by atoms with E-state index in [4.69, 9.17) is 5.11 Å². The molecule has 0 spiro atoms. The summed E-state index contributed by atoms with van der Waals surface area (Å²) in [4.78, 5) is 15.0. The molecule has 0 aliphatic rings. The Hall–Kier alpha value is -1.08. The first-order valence-corrected chi connectivity index (χ1v) is 7.85. The number of aromatic nitrogens is 1. The number of aryl methyl sites for hydroxylation is 1. The Morgan fingerprint density at radius 1 is 1.47 bits per heavy atom. The maximum Gasteiger partial charge on any atom is 0.338 e. The first-order chi connectivity index (χ1) is 7.79. The number of thioether (sulfide) groups is 1. The highest BCUT2D eigenvalue weighted by Gasteiger charge is 2.13. The fourth-order valence-electron chi connectivity index (χ4n) is 1.10. The highest BCUT2D eigenvalue weighted by atomic mass is 32.2. The van der Waals surface area contributed by atoms with E-state index in [2.05, 4.69) is 4.98 Å². The fourth-order valence-corrected chi connectivity index (χ4v) is 3.35. The maximum absolute atomic E-state index is 11.0. The third kappa shape index (κ3) is 4.74. The van der Waals surface area contributed by atoms with Gasteiger partial charge in [-0.05, 0) is 19.1 Å². The van der Waals surface area contributed by atoms with Crippen LogP contribution in [0.2, 0.25) is 0 Å². The number of hydrogen-bond donors (Lipinski definition) is 1. The van der Waals surface area contributed by atoms with Crippen LogP contribution in [0.1, 0.15) is 16.1 Å². The van der Waals surface area contributed by atoms with Crippen LogP contribution in [0, 0.1) is 6.92 Å². The molecule has 1 aromatic rings. The average molecular weight is 275 g/mol. The lowest BCUT2D eigenvalue weighted by Crippen LogP contribution is -2.07. The smallest absolute Gasteiger partial charge is 0.338 e. The molecule has 0 atom stereocenters. The third-order valence-corrected chi connectivity index (χ3v) is 4.12. The van der Waals surface area contributed by atoms with Crippen LogP contribution in [0.15, 0.2) is 17.2 Å². The van der Waals surface area contributed by atoms with E-state index in [1.54, 1.807) is 13.0 Å². The van der Waals surface area contributed by atoms with E-state index in [1.807, 2.05) is 0 Å². The van der Waals surface area contributed by atoms with Crippen molar-refractivity contribution in [3.63, 3.8) is 0 Å². The number of nitrogens with zero attached hydrogens (tertiary/aromatic N) is 1. The van der Waals surface area contributed by atoms with Crippen molar-refractivity contribution in [1.29, 1.82) is 0 Å². The predicted molar refractivity (Wildman–Crippen MR) is 66.4 cm³/mol. The van der Waals surface area contributed by atoms with Crippen molar-refractivity contribution in [2.24, 2.45) is 0 Å².